The Morgan fingerprint density at radius 3 is 2.49 bits per heavy atom. The Morgan fingerprint density at radius 2 is 1.85 bits per heavy atom. The molecular weight excluding hydrogens is 558 g/mol. The van der Waals surface area contributed by atoms with Crippen LogP contribution in [0.15, 0.2) is 54.9 Å². The van der Waals surface area contributed by atoms with E-state index >= 15 is 0 Å². The summed E-state index contributed by atoms with van der Waals surface area (Å²) in [4.78, 5) is 20.9. The summed E-state index contributed by atoms with van der Waals surface area (Å²) in [6.07, 6.45) is 0.974. The Kier molecular flexibility index (Phi) is 10.1. The van der Waals surface area contributed by atoms with Crippen molar-refractivity contribution >= 4 is 33.4 Å². The van der Waals surface area contributed by atoms with Gasteiger partial charge in [0.15, 0.2) is 5.82 Å². The van der Waals surface area contributed by atoms with E-state index in [-0.39, 0.29) is 48.0 Å². The molecule has 0 amide bonds. The van der Waals surface area contributed by atoms with Crippen LogP contribution in [0.2, 0.25) is 5.02 Å². The summed E-state index contributed by atoms with van der Waals surface area (Å²) >= 11 is 6.26. The number of esters is 1. The third-order valence-corrected chi connectivity index (χ3v) is 6.72. The van der Waals surface area contributed by atoms with Gasteiger partial charge in [0.25, 0.3) is 5.88 Å². The van der Waals surface area contributed by atoms with Crippen LogP contribution in [0.5, 0.6) is 28.9 Å². The van der Waals surface area contributed by atoms with Crippen LogP contribution in [0, 0.1) is 0 Å². The Morgan fingerprint density at radius 1 is 1.10 bits per heavy atom. The van der Waals surface area contributed by atoms with Crippen molar-refractivity contribution in [1.29, 1.82) is 0 Å². The lowest BCUT2D eigenvalue weighted by molar-refractivity contribution is -0.183. The number of rotatable bonds is 14. The lowest BCUT2D eigenvalue weighted by Crippen LogP contribution is -2.56. The molecule has 0 aliphatic carbocycles. The molecule has 2 aromatic carbocycles. The highest BCUT2D eigenvalue weighted by Gasteiger charge is 2.57. The van der Waals surface area contributed by atoms with Crippen LogP contribution in [-0.2, 0) is 24.3 Å². The number of carbonyl (C=O) groups is 1. The minimum absolute atomic E-state index is 0.00734. The second kappa shape index (κ2) is 13.3. The van der Waals surface area contributed by atoms with Gasteiger partial charge >= 0.3 is 21.1 Å². The summed E-state index contributed by atoms with van der Waals surface area (Å²) in [6.45, 7) is 0.713. The van der Waals surface area contributed by atoms with Gasteiger partial charge in [-0.2, -0.15) is 13.4 Å². The summed E-state index contributed by atoms with van der Waals surface area (Å²) in [7, 11) is -2.59. The van der Waals surface area contributed by atoms with E-state index in [0.717, 1.165) is 13.4 Å². The van der Waals surface area contributed by atoms with E-state index in [1.165, 1.54) is 38.3 Å². The fourth-order valence-electron chi connectivity index (χ4n) is 3.06. The Bertz CT molecular complexity index is 1380. The highest BCUT2D eigenvalue weighted by Crippen LogP contribution is 2.41. The van der Waals surface area contributed by atoms with Crippen LogP contribution < -0.4 is 23.7 Å². The molecule has 39 heavy (non-hydrogen) atoms. The maximum Gasteiger partial charge on any atom is 0.435 e. The number of ether oxygens (including phenoxy) is 6. The maximum absolute atomic E-state index is 13.8. The fraction of sp³-hybridized carbons (Fsp3) is 0.292. The molecular formula is C24H26ClN3O10S. The van der Waals surface area contributed by atoms with Gasteiger partial charge in [0, 0.05) is 13.2 Å². The number of hydrogen-bond acceptors (Lipinski definition) is 12. The summed E-state index contributed by atoms with van der Waals surface area (Å²) in [5.41, 5.74) is 0. The molecule has 3 aromatic rings. The van der Waals surface area contributed by atoms with Crippen molar-refractivity contribution in [3.05, 3.63) is 59.9 Å². The Labute approximate surface area is 229 Å². The summed E-state index contributed by atoms with van der Waals surface area (Å²) < 4.78 is 61.9. The van der Waals surface area contributed by atoms with Gasteiger partial charge in [-0.25, -0.2) is 9.78 Å². The molecule has 0 saturated heterocycles. The first-order valence-corrected chi connectivity index (χ1v) is 13.2. The Balaban J connectivity index is 2.12. The number of carbonyl (C=O) groups excluding carboxylic acids is 1. The molecule has 15 heteroatoms. The third-order valence-electron chi connectivity index (χ3n) is 4.83. The van der Waals surface area contributed by atoms with Gasteiger partial charge in [0.1, 0.15) is 30.2 Å². The molecule has 0 saturated carbocycles. The minimum atomic E-state index is -4.98. The van der Waals surface area contributed by atoms with Crippen LogP contribution in [0.4, 0.5) is 5.82 Å². The molecule has 1 aromatic heterocycles. The smallest absolute Gasteiger partial charge is 0.435 e. The van der Waals surface area contributed by atoms with Crippen molar-refractivity contribution < 1.29 is 46.7 Å². The van der Waals surface area contributed by atoms with E-state index in [9.17, 15) is 18.3 Å². The monoisotopic (exact) mass is 583 g/mol. The number of sulfonamides is 1. The highest BCUT2D eigenvalue weighted by molar-refractivity contribution is 7.94. The zero-order valence-corrected chi connectivity index (χ0v) is 22.7. The lowest BCUT2D eigenvalue weighted by Gasteiger charge is -2.29. The minimum Gasteiger partial charge on any atom is -0.497 e. The van der Waals surface area contributed by atoms with Crippen molar-refractivity contribution in [3.63, 3.8) is 0 Å². The second-order valence-corrected chi connectivity index (χ2v) is 9.48. The molecule has 3 rings (SSSR count). The van der Waals surface area contributed by atoms with Crippen LogP contribution in [0.1, 0.15) is 6.92 Å². The molecule has 0 spiro atoms. The quantitative estimate of drug-likeness (QED) is 0.211. The number of methoxy groups -OCH3 is 2. The van der Waals surface area contributed by atoms with Crippen LogP contribution in [0.25, 0.3) is 0 Å². The molecule has 1 heterocycles. The molecule has 0 fully saturated rings. The largest absolute Gasteiger partial charge is 0.497 e. The molecule has 0 radical (unpaired) electrons. The van der Waals surface area contributed by atoms with Crippen LogP contribution in [-0.4, -0.2) is 68.6 Å². The van der Waals surface area contributed by atoms with Crippen molar-refractivity contribution in [1.82, 2.24) is 9.97 Å². The molecule has 210 valence electrons. The first-order valence-electron chi connectivity index (χ1n) is 11.3. The third kappa shape index (κ3) is 6.78. The number of nitrogens with one attached hydrogen (secondary N) is 1. The van der Waals surface area contributed by atoms with E-state index in [2.05, 4.69) is 14.7 Å². The number of halogens is 1. The van der Waals surface area contributed by atoms with Crippen molar-refractivity contribution in [2.45, 2.75) is 12.0 Å². The predicted molar refractivity (Wildman–Crippen MR) is 139 cm³/mol. The lowest BCUT2D eigenvalue weighted by atomic mass is 10.3. The zero-order chi connectivity index (χ0) is 28.5. The number of aliphatic hydroxyl groups is 1. The average Bonchev–Trinajstić information content (AvgIpc) is 2.93. The predicted octanol–water partition coefficient (Wildman–Crippen LogP) is 2.99. The molecule has 0 bridgehead atoms. The molecule has 0 aliphatic heterocycles. The summed E-state index contributed by atoms with van der Waals surface area (Å²) in [5.74, 6) is -2.02. The number of nitrogens with zero attached hydrogens (tertiary/aromatic N) is 2. The van der Waals surface area contributed by atoms with Crippen LogP contribution in [0.3, 0.4) is 0 Å². The number of benzene rings is 2. The maximum atomic E-state index is 13.8. The normalized spacial score (nSPS) is 12.6. The topological polar surface area (TPSA) is 165 Å². The first-order chi connectivity index (χ1) is 18.7. The van der Waals surface area contributed by atoms with E-state index in [1.54, 1.807) is 24.3 Å². The van der Waals surface area contributed by atoms with Crippen molar-refractivity contribution in [2.24, 2.45) is 0 Å². The van der Waals surface area contributed by atoms with Crippen molar-refractivity contribution in [2.75, 3.05) is 38.8 Å². The number of hydrogen-bond donors (Lipinski definition) is 2. The van der Waals surface area contributed by atoms with E-state index in [0.29, 0.717) is 5.75 Å². The van der Waals surface area contributed by atoms with Gasteiger partial charge in [0.05, 0.1) is 25.3 Å². The second-order valence-electron chi connectivity index (χ2n) is 7.33. The number of aromatic nitrogens is 2. The standard InChI is InChI=1S/C24H26ClN3O10S/c1-4-35-23(30)24(34-3,38-16-8-6-5-7-9-16)39(31,32)28-21-20(22(27-15-26-21)36-13-12-29)37-19-14-17(33-2)10-11-18(19)25/h5-11,14-15,29H,4,12-13H2,1-3H3,(H,26,27,28). The Hall–Kier alpha value is -3.85. The molecule has 13 nitrogen and oxygen atoms in total. The highest BCUT2D eigenvalue weighted by atomic mass is 35.5. The van der Waals surface area contributed by atoms with Gasteiger partial charge in [-0.15, -0.1) is 0 Å². The zero-order valence-electron chi connectivity index (χ0n) is 21.1. The van der Waals surface area contributed by atoms with Crippen LogP contribution >= 0.6 is 11.6 Å². The van der Waals surface area contributed by atoms with Gasteiger partial charge in [0.2, 0.25) is 5.75 Å². The fourth-order valence-corrected chi connectivity index (χ4v) is 4.46. The van der Waals surface area contributed by atoms with Gasteiger partial charge in [-0.1, -0.05) is 29.8 Å². The number of anilines is 1. The first kappa shape index (κ1) is 29.7. The van der Waals surface area contributed by atoms with Gasteiger partial charge in [-0.05, 0) is 31.2 Å². The summed E-state index contributed by atoms with van der Waals surface area (Å²) in [5, 5.41) is 6.35. The van der Waals surface area contributed by atoms with E-state index < -0.39 is 26.9 Å². The van der Waals surface area contributed by atoms with E-state index in [4.69, 9.17) is 40.0 Å². The van der Waals surface area contributed by atoms with Gasteiger partial charge < -0.3 is 33.5 Å². The summed E-state index contributed by atoms with van der Waals surface area (Å²) in [6, 6.07) is 12.2. The van der Waals surface area contributed by atoms with Crippen molar-refractivity contribution in [3.8, 4) is 28.9 Å². The molecule has 2 N–H and O–H groups in total. The molecule has 1 atom stereocenters. The molecule has 1 unspecified atom stereocenters. The van der Waals surface area contributed by atoms with E-state index in [1.807, 2.05) is 0 Å². The van der Waals surface area contributed by atoms with Gasteiger partial charge in [-0.3, -0.25) is 4.72 Å². The SMILES string of the molecule is CCOC(=O)C(OC)(Oc1ccccc1)S(=O)(=O)Nc1ncnc(OCCO)c1Oc1cc(OC)ccc1Cl. The number of para-hydroxylation sites is 1. The number of aliphatic hydroxyl groups excluding tert-OH is 1. The molecule has 0 aliphatic rings. The average molecular weight is 584 g/mol.